The molecule has 2 aliphatic heterocycles. The van der Waals surface area contributed by atoms with E-state index >= 15 is 0 Å². The molecule has 4 rings (SSSR count). The molecule has 0 unspecified atom stereocenters. The van der Waals surface area contributed by atoms with Crippen molar-refractivity contribution in [2.45, 2.75) is 30.1 Å². The molecule has 0 aliphatic carbocycles. The maximum atomic E-state index is 13.0. The van der Waals surface area contributed by atoms with Gasteiger partial charge in [-0.1, -0.05) is 30.3 Å². The first-order valence-electron chi connectivity index (χ1n) is 9.01. The lowest BCUT2D eigenvalue weighted by molar-refractivity contribution is -0.117. The van der Waals surface area contributed by atoms with Crippen molar-refractivity contribution in [1.29, 1.82) is 0 Å². The fourth-order valence-corrected chi connectivity index (χ4v) is 5.31. The molecular formula is C20H22N2O3S. The minimum Gasteiger partial charge on any atom is -0.312 e. The van der Waals surface area contributed by atoms with Gasteiger partial charge >= 0.3 is 0 Å². The number of hydrogen-bond donors (Lipinski definition) is 0. The highest BCUT2D eigenvalue weighted by atomic mass is 32.2. The second kappa shape index (κ2) is 6.85. The number of carbonyl (C=O) groups is 1. The second-order valence-electron chi connectivity index (χ2n) is 6.90. The van der Waals surface area contributed by atoms with E-state index in [1.165, 1.54) is 5.56 Å². The first-order valence-corrected chi connectivity index (χ1v) is 10.5. The number of carbonyl (C=O) groups excluding carboxylic acids is 1. The lowest BCUT2D eigenvalue weighted by Crippen LogP contribution is -2.29. The molecule has 2 aromatic rings. The largest absolute Gasteiger partial charge is 0.312 e. The maximum Gasteiger partial charge on any atom is 0.243 e. The Morgan fingerprint density at radius 2 is 1.65 bits per heavy atom. The van der Waals surface area contributed by atoms with E-state index in [-0.39, 0.29) is 11.8 Å². The smallest absolute Gasteiger partial charge is 0.243 e. The number of rotatable bonds is 4. The zero-order valence-electron chi connectivity index (χ0n) is 14.5. The molecule has 0 N–H and O–H groups in total. The van der Waals surface area contributed by atoms with Crippen LogP contribution in [0.5, 0.6) is 0 Å². The number of anilines is 1. The molecule has 136 valence electrons. The molecule has 1 amide bonds. The normalized spacial score (nSPS) is 21.5. The van der Waals surface area contributed by atoms with E-state index in [1.54, 1.807) is 33.5 Å². The lowest BCUT2D eigenvalue weighted by Gasteiger charge is -2.19. The summed E-state index contributed by atoms with van der Waals surface area (Å²) in [5.41, 5.74) is 1.96. The third kappa shape index (κ3) is 3.15. The molecule has 5 nitrogen and oxygen atoms in total. The zero-order valence-corrected chi connectivity index (χ0v) is 15.4. The summed E-state index contributed by atoms with van der Waals surface area (Å²) in [6, 6.07) is 16.8. The van der Waals surface area contributed by atoms with Crippen LogP contribution in [-0.4, -0.2) is 38.3 Å². The Morgan fingerprint density at radius 1 is 0.923 bits per heavy atom. The summed E-state index contributed by atoms with van der Waals surface area (Å²) in [6.45, 7) is 1.75. The molecule has 1 atom stereocenters. The average Bonchev–Trinajstić information content (AvgIpc) is 3.32. The van der Waals surface area contributed by atoms with Crippen molar-refractivity contribution in [2.24, 2.45) is 0 Å². The van der Waals surface area contributed by atoms with Gasteiger partial charge in [0, 0.05) is 31.7 Å². The molecule has 2 fully saturated rings. The molecule has 6 heteroatoms. The Labute approximate surface area is 154 Å². The summed E-state index contributed by atoms with van der Waals surface area (Å²) in [7, 11) is -3.50. The van der Waals surface area contributed by atoms with Crippen LogP contribution in [0.2, 0.25) is 0 Å². The Kier molecular flexibility index (Phi) is 4.54. The zero-order chi connectivity index (χ0) is 18.1. The summed E-state index contributed by atoms with van der Waals surface area (Å²) in [4.78, 5) is 13.8. The number of hydrogen-bond acceptors (Lipinski definition) is 3. The summed E-state index contributed by atoms with van der Waals surface area (Å²) < 4.78 is 27.5. The Balaban J connectivity index is 1.51. The lowest BCUT2D eigenvalue weighted by atomic mass is 9.99. The van der Waals surface area contributed by atoms with Crippen LogP contribution in [0, 0.1) is 0 Å². The molecule has 26 heavy (non-hydrogen) atoms. The van der Waals surface area contributed by atoms with Gasteiger partial charge in [0.25, 0.3) is 0 Å². The van der Waals surface area contributed by atoms with Crippen LogP contribution >= 0.6 is 0 Å². The standard InChI is InChI=1S/C20H22N2O3S/c23-20-7-4-13-22(20)18-8-10-19(11-9-18)26(24,25)21-14-12-17(15-21)16-5-2-1-3-6-16/h1-3,5-6,8-11,17H,4,7,12-15H2/t17-/m0/s1. The van der Waals surface area contributed by atoms with Crippen LogP contribution in [0.4, 0.5) is 5.69 Å². The van der Waals surface area contributed by atoms with E-state index in [2.05, 4.69) is 12.1 Å². The van der Waals surface area contributed by atoms with E-state index in [0.29, 0.717) is 31.0 Å². The highest BCUT2D eigenvalue weighted by Gasteiger charge is 2.33. The number of amides is 1. The first kappa shape index (κ1) is 17.2. The van der Waals surface area contributed by atoms with E-state index in [4.69, 9.17) is 0 Å². The van der Waals surface area contributed by atoms with Crippen LogP contribution in [0.3, 0.4) is 0 Å². The number of nitrogens with zero attached hydrogens (tertiary/aromatic N) is 2. The van der Waals surface area contributed by atoms with Gasteiger partial charge in [-0.15, -0.1) is 0 Å². The van der Waals surface area contributed by atoms with Crippen molar-refractivity contribution in [3.8, 4) is 0 Å². The molecule has 0 spiro atoms. The third-order valence-corrected chi connectivity index (χ3v) is 7.16. The molecule has 0 aromatic heterocycles. The fraction of sp³-hybridized carbons (Fsp3) is 0.350. The van der Waals surface area contributed by atoms with Gasteiger partial charge in [0.1, 0.15) is 0 Å². The van der Waals surface area contributed by atoms with Gasteiger partial charge < -0.3 is 4.90 Å². The van der Waals surface area contributed by atoms with Crippen LogP contribution in [-0.2, 0) is 14.8 Å². The second-order valence-corrected chi connectivity index (χ2v) is 8.84. The molecule has 0 saturated carbocycles. The average molecular weight is 370 g/mol. The van der Waals surface area contributed by atoms with E-state index in [9.17, 15) is 13.2 Å². The summed E-state index contributed by atoms with van der Waals surface area (Å²) in [5.74, 6) is 0.346. The highest BCUT2D eigenvalue weighted by Crippen LogP contribution is 2.31. The Bertz CT molecular complexity index is 894. The van der Waals surface area contributed by atoms with Crippen LogP contribution in [0.15, 0.2) is 59.5 Å². The van der Waals surface area contributed by atoms with Gasteiger partial charge in [0.15, 0.2) is 0 Å². The minimum atomic E-state index is -3.50. The molecule has 2 aromatic carbocycles. The third-order valence-electron chi connectivity index (χ3n) is 5.28. The predicted octanol–water partition coefficient (Wildman–Crippen LogP) is 2.99. The summed E-state index contributed by atoms with van der Waals surface area (Å²) in [5, 5.41) is 0. The van der Waals surface area contributed by atoms with Gasteiger partial charge in [-0.05, 0) is 48.6 Å². The Morgan fingerprint density at radius 3 is 2.31 bits per heavy atom. The molecule has 2 aliphatic rings. The fourth-order valence-electron chi connectivity index (χ4n) is 3.81. The van der Waals surface area contributed by atoms with E-state index in [0.717, 1.165) is 18.5 Å². The Hall–Kier alpha value is -2.18. The SMILES string of the molecule is O=C1CCCN1c1ccc(S(=O)(=O)N2CC[C@H](c3ccccc3)C2)cc1. The van der Waals surface area contributed by atoms with Gasteiger partial charge in [0.05, 0.1) is 4.90 Å². The van der Waals surface area contributed by atoms with E-state index < -0.39 is 10.0 Å². The monoisotopic (exact) mass is 370 g/mol. The summed E-state index contributed by atoms with van der Waals surface area (Å²) in [6.07, 6.45) is 2.26. The first-order chi connectivity index (χ1) is 12.6. The summed E-state index contributed by atoms with van der Waals surface area (Å²) >= 11 is 0. The number of benzene rings is 2. The van der Waals surface area contributed by atoms with Gasteiger partial charge in [0.2, 0.25) is 15.9 Å². The minimum absolute atomic E-state index is 0.103. The molecule has 0 radical (unpaired) electrons. The quantitative estimate of drug-likeness (QED) is 0.831. The van der Waals surface area contributed by atoms with Crippen molar-refractivity contribution < 1.29 is 13.2 Å². The predicted molar refractivity (Wildman–Crippen MR) is 101 cm³/mol. The van der Waals surface area contributed by atoms with Gasteiger partial charge in [-0.3, -0.25) is 4.79 Å². The maximum absolute atomic E-state index is 13.0. The molecular weight excluding hydrogens is 348 g/mol. The van der Waals surface area contributed by atoms with E-state index in [1.807, 2.05) is 18.2 Å². The van der Waals surface area contributed by atoms with Gasteiger partial charge in [-0.2, -0.15) is 4.31 Å². The van der Waals surface area contributed by atoms with Crippen LogP contribution < -0.4 is 4.90 Å². The van der Waals surface area contributed by atoms with Crippen molar-refractivity contribution >= 4 is 21.6 Å². The number of sulfonamides is 1. The van der Waals surface area contributed by atoms with Crippen LogP contribution in [0.25, 0.3) is 0 Å². The van der Waals surface area contributed by atoms with Crippen molar-refractivity contribution in [1.82, 2.24) is 4.31 Å². The van der Waals surface area contributed by atoms with Crippen molar-refractivity contribution in [2.75, 3.05) is 24.5 Å². The van der Waals surface area contributed by atoms with Crippen molar-refractivity contribution in [3.63, 3.8) is 0 Å². The topological polar surface area (TPSA) is 57.7 Å². The van der Waals surface area contributed by atoms with Crippen LogP contribution in [0.1, 0.15) is 30.7 Å². The highest BCUT2D eigenvalue weighted by molar-refractivity contribution is 7.89. The van der Waals surface area contributed by atoms with Crippen molar-refractivity contribution in [3.05, 3.63) is 60.2 Å². The molecule has 0 bridgehead atoms. The molecule has 2 heterocycles. The molecule has 2 saturated heterocycles. The van der Waals surface area contributed by atoms with Gasteiger partial charge in [-0.25, -0.2) is 8.42 Å².